The third-order valence-electron chi connectivity index (χ3n) is 4.18. The standard InChI is InChI=1S/C16H21N3O2/c1-11(12-7-8-12)19(2)10-15-17-16(18-21-15)13-5-4-6-14(9-13)20-3/h4-6,9,11-12H,7-8,10H2,1-3H3/t11-/m0/s1. The van der Waals surface area contributed by atoms with Gasteiger partial charge in [-0.15, -0.1) is 0 Å². The Morgan fingerprint density at radius 2 is 2.24 bits per heavy atom. The van der Waals surface area contributed by atoms with Gasteiger partial charge in [0.25, 0.3) is 0 Å². The van der Waals surface area contributed by atoms with Gasteiger partial charge in [0, 0.05) is 11.6 Å². The van der Waals surface area contributed by atoms with Crippen LogP contribution in [0, 0.1) is 5.92 Å². The maximum absolute atomic E-state index is 5.37. The van der Waals surface area contributed by atoms with E-state index in [0.717, 1.165) is 17.2 Å². The van der Waals surface area contributed by atoms with Crippen molar-refractivity contribution in [1.82, 2.24) is 15.0 Å². The topological polar surface area (TPSA) is 51.4 Å². The van der Waals surface area contributed by atoms with Crippen molar-refractivity contribution in [3.63, 3.8) is 0 Å². The molecule has 0 unspecified atom stereocenters. The van der Waals surface area contributed by atoms with Crippen molar-refractivity contribution in [2.45, 2.75) is 32.4 Å². The molecule has 0 amide bonds. The normalized spacial score (nSPS) is 16.2. The average Bonchev–Trinajstić information content (AvgIpc) is 3.26. The quantitative estimate of drug-likeness (QED) is 0.817. The lowest BCUT2D eigenvalue weighted by Crippen LogP contribution is -2.30. The van der Waals surface area contributed by atoms with Crippen LogP contribution in [0.4, 0.5) is 0 Å². The van der Waals surface area contributed by atoms with E-state index in [2.05, 4.69) is 29.0 Å². The first-order valence-corrected chi connectivity index (χ1v) is 7.34. The van der Waals surface area contributed by atoms with Gasteiger partial charge in [-0.2, -0.15) is 4.98 Å². The molecular weight excluding hydrogens is 266 g/mol. The molecule has 1 aromatic heterocycles. The molecule has 0 saturated heterocycles. The highest BCUT2D eigenvalue weighted by Gasteiger charge is 2.31. The maximum Gasteiger partial charge on any atom is 0.241 e. The fourth-order valence-electron chi connectivity index (χ4n) is 2.49. The van der Waals surface area contributed by atoms with Gasteiger partial charge in [0.05, 0.1) is 13.7 Å². The van der Waals surface area contributed by atoms with E-state index in [-0.39, 0.29) is 0 Å². The lowest BCUT2D eigenvalue weighted by molar-refractivity contribution is 0.197. The van der Waals surface area contributed by atoms with Crippen molar-refractivity contribution in [3.05, 3.63) is 30.2 Å². The number of methoxy groups -OCH3 is 1. The van der Waals surface area contributed by atoms with Gasteiger partial charge >= 0.3 is 0 Å². The highest BCUT2D eigenvalue weighted by molar-refractivity contribution is 5.56. The molecule has 0 aliphatic heterocycles. The fraction of sp³-hybridized carbons (Fsp3) is 0.500. The Hall–Kier alpha value is -1.88. The summed E-state index contributed by atoms with van der Waals surface area (Å²) < 4.78 is 10.6. The summed E-state index contributed by atoms with van der Waals surface area (Å²) in [6.45, 7) is 2.95. The summed E-state index contributed by atoms with van der Waals surface area (Å²) in [5.74, 6) is 2.88. The molecule has 1 saturated carbocycles. The number of aromatic nitrogens is 2. The van der Waals surface area contributed by atoms with E-state index < -0.39 is 0 Å². The van der Waals surface area contributed by atoms with E-state index >= 15 is 0 Å². The van der Waals surface area contributed by atoms with E-state index in [1.54, 1.807) is 7.11 Å². The molecule has 5 heteroatoms. The molecular formula is C16H21N3O2. The Balaban J connectivity index is 1.70. The summed E-state index contributed by atoms with van der Waals surface area (Å²) in [5.41, 5.74) is 0.905. The Kier molecular flexibility index (Phi) is 3.92. The number of hydrogen-bond acceptors (Lipinski definition) is 5. The second-order valence-electron chi connectivity index (χ2n) is 5.74. The second kappa shape index (κ2) is 5.85. The molecule has 3 rings (SSSR count). The molecule has 21 heavy (non-hydrogen) atoms. The zero-order chi connectivity index (χ0) is 14.8. The van der Waals surface area contributed by atoms with Gasteiger partial charge in [-0.05, 0) is 44.9 Å². The predicted molar refractivity (Wildman–Crippen MR) is 79.9 cm³/mol. The third-order valence-corrected chi connectivity index (χ3v) is 4.18. The van der Waals surface area contributed by atoms with Crippen LogP contribution in [0.1, 0.15) is 25.7 Å². The summed E-state index contributed by atoms with van der Waals surface area (Å²) in [5, 5.41) is 4.07. The molecule has 1 atom stereocenters. The summed E-state index contributed by atoms with van der Waals surface area (Å²) >= 11 is 0. The van der Waals surface area contributed by atoms with Crippen molar-refractivity contribution < 1.29 is 9.26 Å². The molecule has 0 spiro atoms. The Morgan fingerprint density at radius 3 is 2.95 bits per heavy atom. The lowest BCUT2D eigenvalue weighted by Gasteiger charge is -2.22. The second-order valence-corrected chi connectivity index (χ2v) is 5.74. The Bertz CT molecular complexity index is 607. The Morgan fingerprint density at radius 1 is 1.43 bits per heavy atom. The van der Waals surface area contributed by atoms with Gasteiger partial charge in [-0.25, -0.2) is 0 Å². The molecule has 1 aliphatic carbocycles. The minimum atomic E-state index is 0.567. The Labute approximate surface area is 124 Å². The molecule has 1 fully saturated rings. The molecule has 1 aliphatic rings. The van der Waals surface area contributed by atoms with Crippen molar-refractivity contribution >= 4 is 0 Å². The summed E-state index contributed by atoms with van der Waals surface area (Å²) in [6, 6.07) is 8.25. The third kappa shape index (κ3) is 3.24. The average molecular weight is 287 g/mol. The predicted octanol–water partition coefficient (Wildman–Crippen LogP) is 2.98. The molecule has 2 aromatic rings. The van der Waals surface area contributed by atoms with Gasteiger partial charge in [0.1, 0.15) is 5.75 Å². The van der Waals surface area contributed by atoms with Crippen LogP contribution in [0.15, 0.2) is 28.8 Å². The number of benzene rings is 1. The molecule has 1 heterocycles. The van der Waals surface area contributed by atoms with Crippen LogP contribution in [-0.2, 0) is 6.54 Å². The van der Waals surface area contributed by atoms with Crippen molar-refractivity contribution in [1.29, 1.82) is 0 Å². The van der Waals surface area contributed by atoms with E-state index in [0.29, 0.717) is 24.3 Å². The van der Waals surface area contributed by atoms with Gasteiger partial charge in [0.15, 0.2) is 0 Å². The molecule has 1 aromatic carbocycles. The van der Waals surface area contributed by atoms with Crippen LogP contribution >= 0.6 is 0 Å². The fourth-order valence-corrected chi connectivity index (χ4v) is 2.49. The smallest absolute Gasteiger partial charge is 0.241 e. The van der Waals surface area contributed by atoms with Crippen LogP contribution in [0.2, 0.25) is 0 Å². The first-order chi connectivity index (χ1) is 10.2. The highest BCUT2D eigenvalue weighted by atomic mass is 16.5. The molecule has 5 nitrogen and oxygen atoms in total. The molecule has 0 bridgehead atoms. The van der Waals surface area contributed by atoms with E-state index in [1.807, 2.05) is 24.3 Å². The first-order valence-electron chi connectivity index (χ1n) is 7.34. The van der Waals surface area contributed by atoms with Crippen LogP contribution in [0.25, 0.3) is 11.4 Å². The number of hydrogen-bond donors (Lipinski definition) is 0. The van der Waals surface area contributed by atoms with Gasteiger partial charge in [-0.3, -0.25) is 4.90 Å². The van der Waals surface area contributed by atoms with Crippen LogP contribution < -0.4 is 4.74 Å². The molecule has 0 N–H and O–H groups in total. The van der Waals surface area contributed by atoms with Crippen molar-refractivity contribution in [2.75, 3.05) is 14.2 Å². The summed E-state index contributed by atoms with van der Waals surface area (Å²) in [7, 11) is 3.76. The lowest BCUT2D eigenvalue weighted by atomic mass is 10.2. The van der Waals surface area contributed by atoms with Crippen molar-refractivity contribution in [2.24, 2.45) is 5.92 Å². The maximum atomic E-state index is 5.37. The van der Waals surface area contributed by atoms with Gasteiger partial charge < -0.3 is 9.26 Å². The highest BCUT2D eigenvalue weighted by Crippen LogP contribution is 2.35. The largest absolute Gasteiger partial charge is 0.497 e. The van der Waals surface area contributed by atoms with E-state index in [1.165, 1.54) is 12.8 Å². The number of ether oxygens (including phenoxy) is 1. The van der Waals surface area contributed by atoms with Crippen LogP contribution in [0.3, 0.4) is 0 Å². The summed E-state index contributed by atoms with van der Waals surface area (Å²) in [4.78, 5) is 6.76. The monoisotopic (exact) mass is 287 g/mol. The van der Waals surface area contributed by atoms with Crippen LogP contribution in [-0.4, -0.2) is 35.2 Å². The zero-order valence-corrected chi connectivity index (χ0v) is 12.7. The van der Waals surface area contributed by atoms with Crippen LogP contribution in [0.5, 0.6) is 5.75 Å². The summed E-state index contributed by atoms with van der Waals surface area (Å²) in [6.07, 6.45) is 2.68. The zero-order valence-electron chi connectivity index (χ0n) is 12.7. The minimum absolute atomic E-state index is 0.567. The number of nitrogens with zero attached hydrogens (tertiary/aromatic N) is 3. The SMILES string of the molecule is COc1cccc(-c2noc(CN(C)[C@@H](C)C3CC3)n2)c1. The van der Waals surface area contributed by atoms with Gasteiger partial charge in [-0.1, -0.05) is 17.3 Å². The van der Waals surface area contributed by atoms with E-state index in [4.69, 9.17) is 9.26 Å². The van der Waals surface area contributed by atoms with Gasteiger partial charge in [0.2, 0.25) is 11.7 Å². The minimum Gasteiger partial charge on any atom is -0.497 e. The number of rotatable bonds is 6. The van der Waals surface area contributed by atoms with E-state index in [9.17, 15) is 0 Å². The molecule has 0 radical (unpaired) electrons. The molecule has 112 valence electrons. The first kappa shape index (κ1) is 14.1. The van der Waals surface area contributed by atoms with Crippen molar-refractivity contribution in [3.8, 4) is 17.1 Å².